The first-order valence-corrected chi connectivity index (χ1v) is 5.50. The molecule has 7 heteroatoms. The number of amides is 1. The Morgan fingerprint density at radius 1 is 1.44 bits per heavy atom. The van der Waals surface area contributed by atoms with E-state index in [0.717, 1.165) is 0 Å². The van der Waals surface area contributed by atoms with E-state index >= 15 is 0 Å². The average molecular weight is 252 g/mol. The minimum atomic E-state index is -0.876. The van der Waals surface area contributed by atoms with Crippen molar-refractivity contribution in [3.05, 3.63) is 17.8 Å². The normalized spacial score (nSPS) is 13.7. The second kappa shape index (κ2) is 5.44. The highest BCUT2D eigenvalue weighted by Gasteiger charge is 2.30. The van der Waals surface area contributed by atoms with Crippen molar-refractivity contribution in [2.75, 3.05) is 11.9 Å². The molecule has 0 spiro atoms. The molecular formula is C11H16N4O3. The Hall–Kier alpha value is -2.18. The summed E-state index contributed by atoms with van der Waals surface area (Å²) in [6.45, 7) is 3.68. The van der Waals surface area contributed by atoms with Crippen molar-refractivity contribution in [2.45, 2.75) is 20.3 Å². The fourth-order valence-corrected chi connectivity index (χ4v) is 1.20. The topological polar surface area (TPSA) is 118 Å². The third-order valence-corrected chi connectivity index (χ3v) is 2.87. The largest absolute Gasteiger partial charge is 0.481 e. The molecule has 0 radical (unpaired) electrons. The number of anilines is 1. The van der Waals surface area contributed by atoms with Gasteiger partial charge < -0.3 is 16.2 Å². The maximum Gasteiger partial charge on any atom is 0.311 e. The second-order valence-corrected chi connectivity index (χ2v) is 4.24. The molecule has 7 nitrogen and oxygen atoms in total. The number of rotatable bonds is 6. The van der Waals surface area contributed by atoms with Crippen LogP contribution in [0, 0.1) is 5.41 Å². The molecule has 1 aromatic heterocycles. The number of aliphatic carboxylic acids is 1. The molecule has 0 aliphatic heterocycles. The molecule has 0 aliphatic rings. The van der Waals surface area contributed by atoms with Crippen LogP contribution in [0.4, 0.5) is 5.82 Å². The first kappa shape index (κ1) is 13.9. The number of carbonyl (C=O) groups excluding carboxylic acids is 1. The van der Waals surface area contributed by atoms with Gasteiger partial charge in [-0.25, -0.2) is 0 Å². The van der Waals surface area contributed by atoms with Gasteiger partial charge in [0, 0.05) is 6.54 Å². The van der Waals surface area contributed by atoms with Crippen molar-refractivity contribution in [3.8, 4) is 0 Å². The third-order valence-electron chi connectivity index (χ3n) is 2.87. The van der Waals surface area contributed by atoms with Gasteiger partial charge in [0.15, 0.2) is 5.69 Å². The summed E-state index contributed by atoms with van der Waals surface area (Å²) in [6, 6.07) is 2.97. The van der Waals surface area contributed by atoms with E-state index in [1.807, 2.05) is 0 Å². The molecule has 1 atom stereocenters. The monoisotopic (exact) mass is 252 g/mol. The zero-order chi connectivity index (χ0) is 13.8. The average Bonchev–Trinajstić information content (AvgIpc) is 2.36. The molecule has 0 saturated carbocycles. The number of aromatic nitrogens is 2. The Morgan fingerprint density at radius 3 is 2.50 bits per heavy atom. The summed E-state index contributed by atoms with van der Waals surface area (Å²) < 4.78 is 0. The van der Waals surface area contributed by atoms with Crippen molar-refractivity contribution in [2.24, 2.45) is 11.1 Å². The fraction of sp³-hybridized carbons (Fsp3) is 0.455. The molecule has 18 heavy (non-hydrogen) atoms. The van der Waals surface area contributed by atoms with E-state index in [9.17, 15) is 9.59 Å². The van der Waals surface area contributed by atoms with Crippen molar-refractivity contribution in [1.29, 1.82) is 0 Å². The Kier molecular flexibility index (Phi) is 4.19. The third kappa shape index (κ3) is 3.16. The SMILES string of the molecule is CCC(C)(CNc1ccc(C(N)=O)nn1)C(=O)O. The maximum absolute atomic E-state index is 11.1. The molecule has 0 aliphatic carbocycles. The van der Waals surface area contributed by atoms with Crippen LogP contribution < -0.4 is 11.1 Å². The smallest absolute Gasteiger partial charge is 0.311 e. The minimum absolute atomic E-state index is 0.0667. The maximum atomic E-state index is 11.1. The zero-order valence-corrected chi connectivity index (χ0v) is 10.3. The van der Waals surface area contributed by atoms with Crippen LogP contribution in [-0.4, -0.2) is 33.7 Å². The van der Waals surface area contributed by atoms with Gasteiger partial charge in [0.2, 0.25) is 0 Å². The predicted molar refractivity (Wildman–Crippen MR) is 65.1 cm³/mol. The van der Waals surface area contributed by atoms with E-state index in [4.69, 9.17) is 10.8 Å². The summed E-state index contributed by atoms with van der Waals surface area (Å²) in [6.07, 6.45) is 0.488. The quantitative estimate of drug-likeness (QED) is 0.678. The molecule has 1 unspecified atom stereocenters. The van der Waals surface area contributed by atoms with Gasteiger partial charge in [0.1, 0.15) is 5.82 Å². The number of carboxylic acids is 1. The number of primary amides is 1. The fourth-order valence-electron chi connectivity index (χ4n) is 1.20. The van der Waals surface area contributed by atoms with Crippen LogP contribution >= 0.6 is 0 Å². The number of hydrogen-bond donors (Lipinski definition) is 3. The number of carbonyl (C=O) groups is 2. The first-order valence-electron chi connectivity index (χ1n) is 5.50. The summed E-state index contributed by atoms with van der Waals surface area (Å²) in [5, 5.41) is 19.3. The molecular weight excluding hydrogens is 236 g/mol. The summed E-state index contributed by atoms with van der Waals surface area (Å²) >= 11 is 0. The summed E-state index contributed by atoms with van der Waals surface area (Å²) in [4.78, 5) is 21.9. The molecule has 1 heterocycles. The molecule has 98 valence electrons. The number of nitrogens with zero attached hydrogens (tertiary/aromatic N) is 2. The lowest BCUT2D eigenvalue weighted by molar-refractivity contribution is -0.147. The van der Waals surface area contributed by atoms with Gasteiger partial charge in [0.25, 0.3) is 5.91 Å². The summed E-state index contributed by atoms with van der Waals surface area (Å²) in [7, 11) is 0. The van der Waals surface area contributed by atoms with Gasteiger partial charge in [-0.15, -0.1) is 10.2 Å². The Morgan fingerprint density at radius 2 is 2.11 bits per heavy atom. The molecule has 1 amide bonds. The number of carboxylic acid groups (broad SMARTS) is 1. The van der Waals surface area contributed by atoms with Gasteiger partial charge in [-0.05, 0) is 25.5 Å². The van der Waals surface area contributed by atoms with Gasteiger partial charge in [-0.1, -0.05) is 6.92 Å². The Labute approximate surface area is 104 Å². The minimum Gasteiger partial charge on any atom is -0.481 e. The van der Waals surface area contributed by atoms with E-state index in [1.165, 1.54) is 12.1 Å². The van der Waals surface area contributed by atoms with Gasteiger partial charge >= 0.3 is 5.97 Å². The molecule has 0 aromatic carbocycles. The van der Waals surface area contributed by atoms with E-state index in [0.29, 0.717) is 12.2 Å². The number of hydrogen-bond acceptors (Lipinski definition) is 5. The van der Waals surface area contributed by atoms with Gasteiger partial charge in [0.05, 0.1) is 5.41 Å². The summed E-state index contributed by atoms with van der Waals surface area (Å²) in [5.41, 5.74) is 4.22. The second-order valence-electron chi connectivity index (χ2n) is 4.24. The van der Waals surface area contributed by atoms with E-state index < -0.39 is 17.3 Å². The molecule has 1 rings (SSSR count). The predicted octanol–water partition coefficient (Wildman–Crippen LogP) is 0.488. The highest BCUT2D eigenvalue weighted by atomic mass is 16.4. The van der Waals surface area contributed by atoms with E-state index in [-0.39, 0.29) is 12.2 Å². The van der Waals surface area contributed by atoms with Crippen LogP contribution in [-0.2, 0) is 4.79 Å². The van der Waals surface area contributed by atoms with E-state index in [2.05, 4.69) is 15.5 Å². The number of nitrogens with one attached hydrogen (secondary N) is 1. The first-order chi connectivity index (χ1) is 8.39. The molecule has 0 fully saturated rings. The Balaban J connectivity index is 2.69. The van der Waals surface area contributed by atoms with Crippen molar-refractivity contribution in [3.63, 3.8) is 0 Å². The van der Waals surface area contributed by atoms with Crippen LogP contribution in [0.5, 0.6) is 0 Å². The van der Waals surface area contributed by atoms with Crippen molar-refractivity contribution in [1.82, 2.24) is 10.2 Å². The Bertz CT molecular complexity index is 446. The lowest BCUT2D eigenvalue weighted by Gasteiger charge is -2.23. The molecule has 0 saturated heterocycles. The van der Waals surface area contributed by atoms with Gasteiger partial charge in [-0.2, -0.15) is 0 Å². The highest BCUT2D eigenvalue weighted by molar-refractivity contribution is 5.90. The van der Waals surface area contributed by atoms with Crippen LogP contribution in [0.1, 0.15) is 30.8 Å². The molecule has 0 bridgehead atoms. The van der Waals surface area contributed by atoms with Crippen LogP contribution in [0.25, 0.3) is 0 Å². The molecule has 1 aromatic rings. The standard InChI is InChI=1S/C11H16N4O3/c1-3-11(2,10(17)18)6-13-8-5-4-7(9(12)16)14-15-8/h4-5H,3,6H2,1-2H3,(H2,12,16)(H,13,15)(H,17,18). The summed E-state index contributed by atoms with van der Waals surface area (Å²) in [5.74, 6) is -1.13. The van der Waals surface area contributed by atoms with Crippen LogP contribution in [0.2, 0.25) is 0 Å². The number of nitrogens with two attached hydrogens (primary N) is 1. The zero-order valence-electron chi connectivity index (χ0n) is 10.3. The lowest BCUT2D eigenvalue weighted by Crippen LogP contribution is -2.34. The van der Waals surface area contributed by atoms with Crippen LogP contribution in [0.3, 0.4) is 0 Å². The van der Waals surface area contributed by atoms with Crippen molar-refractivity contribution >= 4 is 17.7 Å². The highest BCUT2D eigenvalue weighted by Crippen LogP contribution is 2.21. The van der Waals surface area contributed by atoms with E-state index in [1.54, 1.807) is 13.8 Å². The lowest BCUT2D eigenvalue weighted by atomic mass is 9.88. The van der Waals surface area contributed by atoms with Crippen molar-refractivity contribution < 1.29 is 14.7 Å². The van der Waals surface area contributed by atoms with Gasteiger partial charge in [-0.3, -0.25) is 9.59 Å². The van der Waals surface area contributed by atoms with Crippen LogP contribution in [0.15, 0.2) is 12.1 Å². The molecule has 4 N–H and O–H groups in total.